The highest BCUT2D eigenvalue weighted by atomic mass is 79.9. The van der Waals surface area contributed by atoms with E-state index in [1.165, 1.54) is 0 Å². The van der Waals surface area contributed by atoms with Gasteiger partial charge in [0.1, 0.15) is 10.3 Å². The number of H-pyrrole nitrogens is 1. The summed E-state index contributed by atoms with van der Waals surface area (Å²) < 4.78 is 1.44. The fourth-order valence-electron chi connectivity index (χ4n) is 1.92. The molecule has 0 saturated heterocycles. The second-order valence-corrected chi connectivity index (χ2v) is 5.82. The van der Waals surface area contributed by atoms with E-state index in [4.69, 9.17) is 12.2 Å². The van der Waals surface area contributed by atoms with E-state index in [1.54, 1.807) is 6.20 Å². The molecule has 2 aromatic heterocycles. The Morgan fingerprint density at radius 1 is 1.42 bits per heavy atom. The smallest absolute Gasteiger partial charge is 0.158 e. The number of aromatic nitrogens is 3. The number of nitrogens with one attached hydrogen (secondary N) is 1. The number of pyridine rings is 1. The SMILES string of the molecule is CCc1cccnc1-c1nc(=S)c(Br)c(C(C)C)[nH]1. The highest BCUT2D eigenvalue weighted by Gasteiger charge is 2.13. The van der Waals surface area contributed by atoms with Gasteiger partial charge in [0.15, 0.2) is 5.82 Å². The number of halogens is 1. The maximum absolute atomic E-state index is 5.32. The first-order valence-electron chi connectivity index (χ1n) is 6.28. The van der Waals surface area contributed by atoms with Crippen molar-refractivity contribution in [1.82, 2.24) is 15.0 Å². The van der Waals surface area contributed by atoms with Crippen molar-refractivity contribution < 1.29 is 0 Å². The third kappa shape index (κ3) is 2.92. The Hall–Kier alpha value is -1.07. The first-order chi connectivity index (χ1) is 9.04. The lowest BCUT2D eigenvalue weighted by Crippen LogP contribution is -2.03. The van der Waals surface area contributed by atoms with E-state index in [0.717, 1.165) is 33.7 Å². The Morgan fingerprint density at radius 2 is 2.16 bits per heavy atom. The van der Waals surface area contributed by atoms with Crippen LogP contribution in [0.2, 0.25) is 0 Å². The molecule has 2 aromatic rings. The first kappa shape index (κ1) is 14.3. The summed E-state index contributed by atoms with van der Waals surface area (Å²) in [5.41, 5.74) is 3.10. The summed E-state index contributed by atoms with van der Waals surface area (Å²) in [6, 6.07) is 4.01. The van der Waals surface area contributed by atoms with Crippen LogP contribution in [0.25, 0.3) is 11.5 Å². The van der Waals surface area contributed by atoms with Crippen molar-refractivity contribution in [3.05, 3.63) is 38.7 Å². The molecule has 0 amide bonds. The molecule has 0 aliphatic carbocycles. The van der Waals surface area contributed by atoms with Crippen LogP contribution in [0.3, 0.4) is 0 Å². The van der Waals surface area contributed by atoms with Crippen molar-refractivity contribution in [2.24, 2.45) is 0 Å². The van der Waals surface area contributed by atoms with Crippen LogP contribution in [-0.2, 0) is 6.42 Å². The van der Waals surface area contributed by atoms with Crippen LogP contribution in [0.4, 0.5) is 0 Å². The molecule has 1 N–H and O–H groups in total. The van der Waals surface area contributed by atoms with Gasteiger partial charge in [0.2, 0.25) is 0 Å². The Bertz CT molecular complexity index is 649. The Labute approximate surface area is 126 Å². The zero-order chi connectivity index (χ0) is 14.0. The largest absolute Gasteiger partial charge is 0.341 e. The average molecular weight is 338 g/mol. The molecule has 0 aromatic carbocycles. The van der Waals surface area contributed by atoms with Crippen LogP contribution in [0, 0.1) is 4.64 Å². The fourth-order valence-corrected chi connectivity index (χ4v) is 2.77. The van der Waals surface area contributed by atoms with Crippen LogP contribution in [0.5, 0.6) is 0 Å². The molecule has 0 fully saturated rings. The zero-order valence-corrected chi connectivity index (χ0v) is 13.6. The maximum Gasteiger partial charge on any atom is 0.158 e. The molecule has 0 bridgehead atoms. The summed E-state index contributed by atoms with van der Waals surface area (Å²) in [5.74, 6) is 1.08. The van der Waals surface area contributed by atoms with Crippen molar-refractivity contribution in [3.63, 3.8) is 0 Å². The third-order valence-electron chi connectivity index (χ3n) is 2.96. The zero-order valence-electron chi connectivity index (χ0n) is 11.2. The number of aromatic amines is 1. The minimum Gasteiger partial charge on any atom is -0.341 e. The molecule has 0 saturated carbocycles. The molecule has 0 unspecified atom stereocenters. The number of hydrogen-bond donors (Lipinski definition) is 1. The summed E-state index contributed by atoms with van der Waals surface area (Å²) in [7, 11) is 0. The standard InChI is InChI=1S/C14H16BrN3S/c1-4-9-6-5-7-16-12(9)13-17-11(8(2)3)10(15)14(19)18-13/h5-8H,4H2,1-3H3,(H,17,18,19). The van der Waals surface area contributed by atoms with Crippen LogP contribution < -0.4 is 0 Å². The number of hydrogen-bond acceptors (Lipinski definition) is 3. The van der Waals surface area contributed by atoms with E-state index in [9.17, 15) is 0 Å². The van der Waals surface area contributed by atoms with E-state index < -0.39 is 0 Å². The molecule has 0 radical (unpaired) electrons. The van der Waals surface area contributed by atoms with Gasteiger partial charge in [-0.2, -0.15) is 0 Å². The maximum atomic E-state index is 5.32. The second-order valence-electron chi connectivity index (χ2n) is 4.64. The molecule has 19 heavy (non-hydrogen) atoms. The Morgan fingerprint density at radius 3 is 2.79 bits per heavy atom. The quantitative estimate of drug-likeness (QED) is 0.829. The van der Waals surface area contributed by atoms with E-state index in [0.29, 0.717) is 10.6 Å². The van der Waals surface area contributed by atoms with Crippen molar-refractivity contribution in [2.75, 3.05) is 0 Å². The predicted octanol–water partition coefficient (Wildman–Crippen LogP) is 4.65. The van der Waals surface area contributed by atoms with Gasteiger partial charge in [-0.1, -0.05) is 39.1 Å². The van der Waals surface area contributed by atoms with E-state index >= 15 is 0 Å². The van der Waals surface area contributed by atoms with Crippen LogP contribution in [0.15, 0.2) is 22.8 Å². The Balaban J connectivity index is 2.67. The van der Waals surface area contributed by atoms with Crippen molar-refractivity contribution in [3.8, 4) is 11.5 Å². The normalized spacial score (nSPS) is 11.0. The molecule has 3 nitrogen and oxygen atoms in total. The Kier molecular flexibility index (Phi) is 4.47. The highest BCUT2D eigenvalue weighted by Crippen LogP contribution is 2.26. The van der Waals surface area contributed by atoms with E-state index in [1.807, 2.05) is 6.07 Å². The molecule has 0 aliphatic rings. The fraction of sp³-hybridized carbons (Fsp3) is 0.357. The van der Waals surface area contributed by atoms with Gasteiger partial charge in [0, 0.05) is 11.9 Å². The lowest BCUT2D eigenvalue weighted by Gasteiger charge is -2.12. The lowest BCUT2D eigenvalue weighted by molar-refractivity contribution is 0.805. The van der Waals surface area contributed by atoms with Gasteiger partial charge in [0.25, 0.3) is 0 Å². The number of nitrogens with zero attached hydrogens (tertiary/aromatic N) is 2. The predicted molar refractivity (Wildman–Crippen MR) is 83.8 cm³/mol. The minimum absolute atomic E-state index is 0.339. The minimum atomic E-state index is 0.339. The molecule has 0 atom stereocenters. The number of aryl methyl sites for hydroxylation is 1. The average Bonchev–Trinajstić information content (AvgIpc) is 2.41. The summed E-state index contributed by atoms with van der Waals surface area (Å²) in [5, 5.41) is 0. The van der Waals surface area contributed by atoms with Crippen molar-refractivity contribution in [1.29, 1.82) is 0 Å². The van der Waals surface area contributed by atoms with Crippen LogP contribution in [-0.4, -0.2) is 15.0 Å². The molecular weight excluding hydrogens is 322 g/mol. The van der Waals surface area contributed by atoms with Crippen molar-refractivity contribution >= 4 is 28.1 Å². The molecule has 5 heteroatoms. The number of rotatable bonds is 3. The van der Waals surface area contributed by atoms with Gasteiger partial charge in [-0.15, -0.1) is 0 Å². The van der Waals surface area contributed by atoms with Crippen LogP contribution in [0.1, 0.15) is 37.9 Å². The molecule has 0 aliphatic heterocycles. The molecule has 2 rings (SSSR count). The van der Waals surface area contributed by atoms with E-state index in [2.05, 4.69) is 57.7 Å². The molecular formula is C14H16BrN3S. The molecule has 0 spiro atoms. The van der Waals surface area contributed by atoms with Crippen molar-refractivity contribution in [2.45, 2.75) is 33.1 Å². The topological polar surface area (TPSA) is 41.6 Å². The lowest BCUT2D eigenvalue weighted by atomic mass is 10.1. The van der Waals surface area contributed by atoms with Gasteiger partial charge in [-0.3, -0.25) is 4.98 Å². The summed E-state index contributed by atoms with van der Waals surface area (Å²) >= 11 is 8.83. The van der Waals surface area contributed by atoms with Gasteiger partial charge < -0.3 is 4.98 Å². The summed E-state index contributed by atoms with van der Waals surface area (Å²) in [6.45, 7) is 6.35. The van der Waals surface area contributed by atoms with Gasteiger partial charge in [0.05, 0.1) is 4.47 Å². The van der Waals surface area contributed by atoms with Crippen LogP contribution >= 0.6 is 28.1 Å². The monoisotopic (exact) mass is 337 g/mol. The summed E-state index contributed by atoms with van der Waals surface area (Å²) in [4.78, 5) is 12.2. The summed E-state index contributed by atoms with van der Waals surface area (Å²) in [6.07, 6.45) is 2.70. The third-order valence-corrected chi connectivity index (χ3v) is 4.33. The molecule has 100 valence electrons. The van der Waals surface area contributed by atoms with Gasteiger partial charge >= 0.3 is 0 Å². The highest BCUT2D eigenvalue weighted by molar-refractivity contribution is 9.10. The molecule has 2 heterocycles. The second kappa shape index (κ2) is 5.92. The van der Waals surface area contributed by atoms with E-state index in [-0.39, 0.29) is 0 Å². The first-order valence-corrected chi connectivity index (χ1v) is 7.48. The van der Waals surface area contributed by atoms with Gasteiger partial charge in [-0.05, 0) is 39.9 Å². The van der Waals surface area contributed by atoms with Gasteiger partial charge in [-0.25, -0.2) is 4.98 Å².